The van der Waals surface area contributed by atoms with Crippen LogP contribution in [0, 0.1) is 18.6 Å². The van der Waals surface area contributed by atoms with E-state index in [1.54, 1.807) is 24.3 Å². The van der Waals surface area contributed by atoms with Crippen molar-refractivity contribution in [2.75, 3.05) is 15.4 Å². The highest BCUT2D eigenvalue weighted by Crippen LogP contribution is 2.43. The van der Waals surface area contributed by atoms with Crippen LogP contribution < -0.4 is 9.62 Å². The number of hydrogen-bond acceptors (Lipinski definition) is 6. The van der Waals surface area contributed by atoms with Crippen LogP contribution in [-0.4, -0.2) is 30.0 Å². The summed E-state index contributed by atoms with van der Waals surface area (Å²) >= 11 is 0.952. The van der Waals surface area contributed by atoms with Crippen LogP contribution in [-0.2, 0) is 21.4 Å². The van der Waals surface area contributed by atoms with E-state index < -0.39 is 27.6 Å². The number of para-hydroxylation sites is 1. The van der Waals surface area contributed by atoms with Crippen LogP contribution in [0.25, 0.3) is 11.3 Å². The Labute approximate surface area is 216 Å². The lowest BCUT2D eigenvalue weighted by molar-refractivity contribution is -0.113. The molecule has 1 aromatic heterocycles. The van der Waals surface area contributed by atoms with Crippen LogP contribution in [0.5, 0.6) is 0 Å². The number of halogens is 2. The summed E-state index contributed by atoms with van der Waals surface area (Å²) < 4.78 is 55.8. The zero-order valence-corrected chi connectivity index (χ0v) is 21.1. The number of fused-ring (bicyclic) bond motifs is 3. The molecule has 0 spiro atoms. The van der Waals surface area contributed by atoms with Gasteiger partial charge in [-0.3, -0.25) is 9.10 Å². The van der Waals surface area contributed by atoms with Gasteiger partial charge in [-0.05, 0) is 36.2 Å². The molecule has 3 aromatic carbocycles. The predicted molar refractivity (Wildman–Crippen MR) is 138 cm³/mol. The molecule has 1 amide bonds. The van der Waals surface area contributed by atoms with Gasteiger partial charge in [-0.15, -0.1) is 0 Å². The minimum Gasteiger partial charge on any atom is -0.323 e. The molecule has 0 atom stereocenters. The maximum Gasteiger partial charge on any atom is 0.268 e. The van der Waals surface area contributed by atoms with Crippen LogP contribution in [0.1, 0.15) is 11.1 Å². The number of aromatic nitrogens is 2. The summed E-state index contributed by atoms with van der Waals surface area (Å²) in [7, 11) is -3.97. The van der Waals surface area contributed by atoms with E-state index in [9.17, 15) is 22.0 Å². The van der Waals surface area contributed by atoms with Crippen LogP contribution >= 0.6 is 11.8 Å². The van der Waals surface area contributed by atoms with Crippen molar-refractivity contribution in [1.82, 2.24) is 9.97 Å². The fourth-order valence-electron chi connectivity index (χ4n) is 3.97. The summed E-state index contributed by atoms with van der Waals surface area (Å²) in [6.07, 6.45) is 1.24. The Hall–Kier alpha value is -3.83. The molecule has 4 aromatic rings. The van der Waals surface area contributed by atoms with Gasteiger partial charge in [-0.2, -0.15) is 0 Å². The first-order valence-electron chi connectivity index (χ1n) is 11.2. The maximum atomic E-state index is 13.8. The number of rotatable bonds is 6. The second kappa shape index (κ2) is 9.91. The molecule has 0 saturated carbocycles. The van der Waals surface area contributed by atoms with Gasteiger partial charge in [0.15, 0.2) is 5.16 Å². The average Bonchev–Trinajstić information content (AvgIpc) is 2.88. The summed E-state index contributed by atoms with van der Waals surface area (Å²) in [6.45, 7) is 2.08. The number of nitrogens with zero attached hydrogens (tertiary/aromatic N) is 3. The summed E-state index contributed by atoms with van der Waals surface area (Å²) in [5.41, 5.74) is 2.93. The third kappa shape index (κ3) is 4.92. The molecule has 0 unspecified atom stereocenters. The number of amides is 1. The minimum absolute atomic E-state index is 0.0320. The third-order valence-corrected chi connectivity index (χ3v) is 8.46. The maximum absolute atomic E-state index is 13.8. The number of anilines is 2. The van der Waals surface area contributed by atoms with E-state index in [1.807, 2.05) is 31.2 Å². The van der Waals surface area contributed by atoms with Crippen molar-refractivity contribution >= 4 is 39.1 Å². The first-order valence-corrected chi connectivity index (χ1v) is 13.6. The average molecular weight is 539 g/mol. The number of hydrogen-bond donors (Lipinski definition) is 1. The number of aryl methyl sites for hydroxylation is 1. The van der Waals surface area contributed by atoms with Crippen molar-refractivity contribution in [1.29, 1.82) is 0 Å². The number of nitrogens with one attached hydrogen (secondary N) is 1. The highest BCUT2D eigenvalue weighted by molar-refractivity contribution is 7.99. The van der Waals surface area contributed by atoms with Gasteiger partial charge in [0.25, 0.3) is 10.0 Å². The van der Waals surface area contributed by atoms with Gasteiger partial charge in [-0.1, -0.05) is 54.2 Å². The Morgan fingerprint density at radius 2 is 1.81 bits per heavy atom. The van der Waals surface area contributed by atoms with Crippen molar-refractivity contribution in [3.8, 4) is 11.3 Å². The van der Waals surface area contributed by atoms with Gasteiger partial charge in [0, 0.05) is 11.6 Å². The molecule has 5 rings (SSSR count). The highest BCUT2D eigenvalue weighted by Gasteiger charge is 2.36. The fourth-order valence-corrected chi connectivity index (χ4v) is 6.13. The van der Waals surface area contributed by atoms with Gasteiger partial charge >= 0.3 is 0 Å². The molecule has 11 heteroatoms. The molecule has 2 heterocycles. The monoisotopic (exact) mass is 538 g/mol. The number of carbonyl (C=O) groups is 1. The molecular weight excluding hydrogens is 518 g/mol. The lowest BCUT2D eigenvalue weighted by atomic mass is 10.1. The zero-order chi connectivity index (χ0) is 26.2. The van der Waals surface area contributed by atoms with Gasteiger partial charge in [-0.25, -0.2) is 27.2 Å². The summed E-state index contributed by atoms with van der Waals surface area (Å²) in [5.74, 6) is -2.23. The SMILES string of the molecule is Cc1ccccc1CN1c2ccccc2-c2nc(SCC(=O)Nc3cc(F)ccc3F)ncc2S1(=O)=O. The number of benzene rings is 3. The van der Waals surface area contributed by atoms with Crippen molar-refractivity contribution in [2.24, 2.45) is 0 Å². The van der Waals surface area contributed by atoms with Gasteiger partial charge < -0.3 is 5.32 Å². The lowest BCUT2D eigenvalue weighted by Gasteiger charge is -2.31. The van der Waals surface area contributed by atoms with Crippen molar-refractivity contribution in [3.63, 3.8) is 0 Å². The van der Waals surface area contributed by atoms with E-state index in [0.29, 0.717) is 11.3 Å². The van der Waals surface area contributed by atoms with Crippen LogP contribution in [0.2, 0.25) is 0 Å². The second-order valence-electron chi connectivity index (χ2n) is 8.28. The summed E-state index contributed by atoms with van der Waals surface area (Å²) in [6, 6.07) is 17.4. The Kier molecular flexibility index (Phi) is 6.65. The molecular formula is C26H20F2N4O3S2. The van der Waals surface area contributed by atoms with Crippen molar-refractivity contribution in [2.45, 2.75) is 23.5 Å². The quantitative estimate of drug-likeness (QED) is 0.269. The molecule has 0 fully saturated rings. The second-order valence-corrected chi connectivity index (χ2v) is 11.1. The smallest absolute Gasteiger partial charge is 0.268 e. The third-order valence-electron chi connectivity index (χ3n) is 5.84. The van der Waals surface area contributed by atoms with E-state index in [0.717, 1.165) is 41.1 Å². The van der Waals surface area contributed by atoms with Crippen molar-refractivity contribution < 1.29 is 22.0 Å². The molecule has 0 aliphatic carbocycles. The van der Waals surface area contributed by atoms with E-state index in [4.69, 9.17) is 0 Å². The van der Waals surface area contributed by atoms with E-state index in [2.05, 4.69) is 15.3 Å². The summed E-state index contributed by atoms with van der Waals surface area (Å²) in [4.78, 5) is 20.9. The molecule has 7 nitrogen and oxygen atoms in total. The molecule has 1 N–H and O–H groups in total. The zero-order valence-electron chi connectivity index (χ0n) is 19.5. The Morgan fingerprint density at radius 1 is 1.05 bits per heavy atom. The molecule has 188 valence electrons. The van der Waals surface area contributed by atoms with Crippen molar-refractivity contribution in [3.05, 3.63) is 95.7 Å². The Bertz CT molecular complexity index is 1630. The topological polar surface area (TPSA) is 92.3 Å². The first kappa shape index (κ1) is 24.8. The minimum atomic E-state index is -3.97. The number of sulfonamides is 1. The Balaban J connectivity index is 1.42. The predicted octanol–water partition coefficient (Wildman–Crippen LogP) is 5.17. The standard InChI is InChI=1S/C26H20F2N4O3S2/c1-16-6-2-3-7-17(16)14-32-22-9-5-4-8-19(22)25-23(37(32,34)35)13-29-26(31-25)36-15-24(33)30-21-12-18(27)10-11-20(21)28/h2-13H,14-15H2,1H3,(H,30,33). The number of carbonyl (C=O) groups excluding carboxylic acids is 1. The van der Waals surface area contributed by atoms with Gasteiger partial charge in [0.05, 0.1) is 35.6 Å². The van der Waals surface area contributed by atoms with Gasteiger partial charge in [0.1, 0.15) is 16.5 Å². The molecule has 0 radical (unpaired) electrons. The first-order chi connectivity index (χ1) is 17.7. The highest BCUT2D eigenvalue weighted by atomic mass is 32.2. The molecule has 1 aliphatic rings. The fraction of sp³-hybridized carbons (Fsp3) is 0.115. The Morgan fingerprint density at radius 3 is 2.62 bits per heavy atom. The van der Waals surface area contributed by atoms with Crippen LogP contribution in [0.15, 0.2) is 83.0 Å². The van der Waals surface area contributed by atoms with E-state index >= 15 is 0 Å². The lowest BCUT2D eigenvalue weighted by Crippen LogP contribution is -2.34. The number of thioether (sulfide) groups is 1. The molecule has 37 heavy (non-hydrogen) atoms. The normalized spacial score (nSPS) is 13.5. The molecule has 0 saturated heterocycles. The summed E-state index contributed by atoms with van der Waals surface area (Å²) in [5, 5.41) is 2.49. The van der Waals surface area contributed by atoms with E-state index in [-0.39, 0.29) is 33.7 Å². The molecule has 0 bridgehead atoms. The van der Waals surface area contributed by atoms with Gasteiger partial charge in [0.2, 0.25) is 5.91 Å². The largest absolute Gasteiger partial charge is 0.323 e. The van der Waals surface area contributed by atoms with Crippen LogP contribution in [0.4, 0.5) is 20.2 Å². The molecule has 1 aliphatic heterocycles. The van der Waals surface area contributed by atoms with E-state index in [1.165, 1.54) is 10.5 Å². The van der Waals surface area contributed by atoms with Crippen LogP contribution in [0.3, 0.4) is 0 Å².